The molecule has 1 aliphatic rings. The second-order valence-electron chi connectivity index (χ2n) is 5.28. The Morgan fingerprint density at radius 2 is 1.75 bits per heavy atom. The van der Waals surface area contributed by atoms with Crippen LogP contribution < -0.4 is 4.90 Å². The van der Waals surface area contributed by atoms with E-state index in [0.29, 0.717) is 12.1 Å². The molecule has 1 heterocycles. The van der Waals surface area contributed by atoms with Crippen molar-refractivity contribution in [2.45, 2.75) is 24.8 Å². The van der Waals surface area contributed by atoms with Crippen molar-refractivity contribution >= 4 is 21.4 Å². The van der Waals surface area contributed by atoms with Gasteiger partial charge >= 0.3 is 18.3 Å². The molecule has 0 saturated carbocycles. The zero-order chi connectivity index (χ0) is 18.3. The number of hydrogen-bond donors (Lipinski definition) is 0. The topological polar surface area (TPSA) is 54.5 Å². The molecule has 24 heavy (non-hydrogen) atoms. The van der Waals surface area contributed by atoms with Crippen LogP contribution in [0.4, 0.5) is 32.0 Å². The Balaban J connectivity index is 2.49. The third kappa shape index (κ3) is 4.00. The number of hydrogen-bond acceptors (Lipinski definition) is 3. The highest BCUT2D eigenvalue weighted by atomic mass is 32.2. The number of amides is 1. The quantitative estimate of drug-likeness (QED) is 0.747. The lowest BCUT2D eigenvalue weighted by molar-refractivity contribution is -0.170. The van der Waals surface area contributed by atoms with Crippen molar-refractivity contribution in [3.63, 3.8) is 0 Å². The lowest BCUT2D eigenvalue weighted by Crippen LogP contribution is -2.48. The number of rotatable bonds is 2. The van der Waals surface area contributed by atoms with E-state index in [-0.39, 0.29) is 11.3 Å². The summed E-state index contributed by atoms with van der Waals surface area (Å²) in [4.78, 5) is 11.7. The lowest BCUT2D eigenvalue weighted by atomic mass is 10.1. The van der Waals surface area contributed by atoms with Gasteiger partial charge in [-0.15, -0.1) is 0 Å². The van der Waals surface area contributed by atoms with Gasteiger partial charge in [-0.05, 0) is 24.6 Å². The van der Waals surface area contributed by atoms with Crippen molar-refractivity contribution in [1.82, 2.24) is 0 Å². The average Bonchev–Trinajstić information content (AvgIpc) is 2.77. The zero-order valence-corrected chi connectivity index (χ0v) is 12.7. The maximum absolute atomic E-state index is 12.8. The summed E-state index contributed by atoms with van der Waals surface area (Å²) in [5.74, 6) is -3.56. The van der Waals surface area contributed by atoms with E-state index >= 15 is 0 Å². The molecule has 4 nitrogen and oxygen atoms in total. The Bertz CT molecular complexity index is 741. The molecule has 11 heteroatoms. The van der Waals surface area contributed by atoms with Crippen LogP contribution in [0, 0.1) is 0 Å². The molecule has 0 aromatic heterocycles. The Morgan fingerprint density at radius 3 is 2.21 bits per heavy atom. The number of anilines is 1. The number of halogens is 6. The van der Waals surface area contributed by atoms with Gasteiger partial charge in [0.05, 0.1) is 23.1 Å². The second kappa shape index (κ2) is 5.94. The molecule has 0 radical (unpaired) electrons. The van der Waals surface area contributed by atoms with Crippen LogP contribution in [0.2, 0.25) is 0 Å². The summed E-state index contributed by atoms with van der Waals surface area (Å²) in [6, 6.07) is 1.44. The van der Waals surface area contributed by atoms with E-state index in [1.807, 2.05) is 0 Å². The summed E-state index contributed by atoms with van der Waals surface area (Å²) in [5, 5.41) is 0. The molecule has 1 aromatic rings. The van der Waals surface area contributed by atoms with Crippen molar-refractivity contribution in [3.8, 4) is 0 Å². The first kappa shape index (κ1) is 18.6. The first-order chi connectivity index (χ1) is 10.8. The molecule has 1 fully saturated rings. The third-order valence-electron chi connectivity index (χ3n) is 3.49. The van der Waals surface area contributed by atoms with Crippen LogP contribution in [0.15, 0.2) is 24.3 Å². The summed E-state index contributed by atoms with van der Waals surface area (Å²) >= 11 is 0. The van der Waals surface area contributed by atoms with Gasteiger partial charge in [-0.1, -0.05) is 6.07 Å². The predicted molar refractivity (Wildman–Crippen MR) is 72.0 cm³/mol. The summed E-state index contributed by atoms with van der Waals surface area (Å²) in [7, 11) is -3.65. The van der Waals surface area contributed by atoms with Crippen LogP contribution in [0.5, 0.6) is 0 Å². The maximum Gasteiger partial charge on any atom is 0.471 e. The number of nitrogens with zero attached hydrogens (tertiary/aromatic N) is 1. The molecule has 1 atom stereocenters. The molecule has 1 amide bonds. The van der Waals surface area contributed by atoms with Gasteiger partial charge in [-0.2, -0.15) is 26.3 Å². The highest BCUT2D eigenvalue weighted by molar-refractivity contribution is 7.91. The van der Waals surface area contributed by atoms with Crippen molar-refractivity contribution in [2.75, 3.05) is 16.4 Å². The van der Waals surface area contributed by atoms with E-state index in [2.05, 4.69) is 0 Å². The number of sulfone groups is 1. The normalized spacial score (nSPS) is 20.8. The van der Waals surface area contributed by atoms with Gasteiger partial charge in [0.25, 0.3) is 0 Å². The van der Waals surface area contributed by atoms with E-state index in [1.54, 1.807) is 0 Å². The van der Waals surface area contributed by atoms with Crippen LogP contribution in [0.25, 0.3) is 0 Å². The minimum absolute atomic E-state index is 0.0970. The molecule has 2 rings (SSSR count). The summed E-state index contributed by atoms with van der Waals surface area (Å²) in [6.45, 7) is 0. The second-order valence-corrected chi connectivity index (χ2v) is 7.51. The number of carbonyl (C=O) groups excluding carboxylic acids is 1. The van der Waals surface area contributed by atoms with Crippen LogP contribution in [-0.2, 0) is 20.8 Å². The molecule has 0 N–H and O–H groups in total. The number of alkyl halides is 6. The average molecular weight is 375 g/mol. The molecule has 134 valence electrons. The number of benzene rings is 1. The Kier molecular flexibility index (Phi) is 4.59. The molecule has 1 aliphatic heterocycles. The highest BCUT2D eigenvalue weighted by Crippen LogP contribution is 2.35. The minimum atomic E-state index is -5.35. The van der Waals surface area contributed by atoms with Gasteiger partial charge in [-0.3, -0.25) is 4.79 Å². The smallest absolute Gasteiger partial charge is 0.300 e. The molecule has 0 aliphatic carbocycles. The van der Waals surface area contributed by atoms with Crippen LogP contribution in [0.3, 0.4) is 0 Å². The van der Waals surface area contributed by atoms with Gasteiger partial charge < -0.3 is 4.90 Å². The fourth-order valence-electron chi connectivity index (χ4n) is 2.44. The van der Waals surface area contributed by atoms with Crippen molar-refractivity contribution in [3.05, 3.63) is 29.8 Å². The Labute approximate surface area is 133 Å². The Hall–Kier alpha value is -1.78. The SMILES string of the molecule is O=C(N(c1cccc(C(F)(F)F)c1)C1CCS(=O)(=O)C1)C(F)(F)F. The Morgan fingerprint density at radius 1 is 1.12 bits per heavy atom. The van der Waals surface area contributed by atoms with Gasteiger partial charge in [0.15, 0.2) is 9.84 Å². The predicted octanol–water partition coefficient (Wildman–Crippen LogP) is 2.79. The summed E-state index contributed by atoms with van der Waals surface area (Å²) in [5.41, 5.74) is -1.88. The molecular weight excluding hydrogens is 364 g/mol. The minimum Gasteiger partial charge on any atom is -0.300 e. The number of carbonyl (C=O) groups is 1. The zero-order valence-electron chi connectivity index (χ0n) is 11.9. The molecule has 0 spiro atoms. The van der Waals surface area contributed by atoms with Crippen LogP contribution in [-0.4, -0.2) is 38.0 Å². The molecular formula is C13H11F6NO3S. The van der Waals surface area contributed by atoms with Gasteiger partial charge in [0, 0.05) is 5.69 Å². The van der Waals surface area contributed by atoms with Gasteiger partial charge in [-0.25, -0.2) is 8.42 Å². The maximum atomic E-state index is 12.8. The van der Waals surface area contributed by atoms with E-state index in [4.69, 9.17) is 0 Å². The largest absolute Gasteiger partial charge is 0.471 e. The van der Waals surface area contributed by atoms with E-state index in [1.165, 1.54) is 0 Å². The molecule has 1 unspecified atom stereocenters. The monoisotopic (exact) mass is 375 g/mol. The van der Waals surface area contributed by atoms with E-state index in [0.717, 1.165) is 12.1 Å². The highest BCUT2D eigenvalue weighted by Gasteiger charge is 2.47. The standard InChI is InChI=1S/C13H11F6NO3S/c14-12(15,16)8-2-1-3-9(6-8)20(11(21)13(17,18)19)10-4-5-24(22,23)7-10/h1-3,6,10H,4-5,7H2. The van der Waals surface area contributed by atoms with E-state index in [9.17, 15) is 39.6 Å². The van der Waals surface area contributed by atoms with E-state index < -0.39 is 56.9 Å². The fraction of sp³-hybridized carbons (Fsp3) is 0.462. The fourth-order valence-corrected chi connectivity index (χ4v) is 4.14. The first-order valence-electron chi connectivity index (χ1n) is 6.59. The van der Waals surface area contributed by atoms with Crippen molar-refractivity contribution < 1.29 is 39.6 Å². The van der Waals surface area contributed by atoms with Crippen molar-refractivity contribution in [2.24, 2.45) is 0 Å². The third-order valence-corrected chi connectivity index (χ3v) is 5.24. The lowest BCUT2D eigenvalue weighted by Gasteiger charge is -2.29. The van der Waals surface area contributed by atoms with Crippen LogP contribution in [0.1, 0.15) is 12.0 Å². The molecule has 0 bridgehead atoms. The molecule has 1 aromatic carbocycles. The van der Waals surface area contributed by atoms with Crippen LogP contribution >= 0.6 is 0 Å². The van der Waals surface area contributed by atoms with Gasteiger partial charge in [0.2, 0.25) is 0 Å². The van der Waals surface area contributed by atoms with Crippen molar-refractivity contribution in [1.29, 1.82) is 0 Å². The first-order valence-corrected chi connectivity index (χ1v) is 8.41. The summed E-state index contributed by atoms with van der Waals surface area (Å²) < 4.78 is 99.6. The van der Waals surface area contributed by atoms with Gasteiger partial charge in [0.1, 0.15) is 0 Å². The molecule has 1 saturated heterocycles. The summed E-state index contributed by atoms with van der Waals surface area (Å²) in [6.07, 6.45) is -10.4.